The predicted octanol–water partition coefficient (Wildman–Crippen LogP) is 3.17. The molecular formula is C18H16ClF2N3O2. The Morgan fingerprint density at radius 2 is 2.00 bits per heavy atom. The van der Waals surface area contributed by atoms with Gasteiger partial charge in [0.15, 0.2) is 11.6 Å². The topological polar surface area (TPSA) is 54.5 Å². The second-order valence-corrected chi connectivity index (χ2v) is 6.90. The van der Waals surface area contributed by atoms with Crippen LogP contribution in [0.15, 0.2) is 30.5 Å². The van der Waals surface area contributed by atoms with E-state index in [2.05, 4.69) is 10.3 Å². The zero-order valence-corrected chi connectivity index (χ0v) is 14.5. The molecule has 5 nitrogen and oxygen atoms in total. The number of amides is 1. The average molecular weight is 380 g/mol. The van der Waals surface area contributed by atoms with Gasteiger partial charge in [0.05, 0.1) is 23.7 Å². The molecule has 1 aliphatic carbocycles. The number of pyridine rings is 1. The van der Waals surface area contributed by atoms with E-state index in [4.69, 9.17) is 16.3 Å². The van der Waals surface area contributed by atoms with E-state index < -0.39 is 11.6 Å². The summed E-state index contributed by atoms with van der Waals surface area (Å²) in [5.41, 5.74) is 0.397. The first-order valence-corrected chi connectivity index (χ1v) is 8.70. The van der Waals surface area contributed by atoms with Crippen LogP contribution in [0.5, 0.6) is 5.75 Å². The summed E-state index contributed by atoms with van der Waals surface area (Å²) in [5.74, 6) is -1.14. The van der Waals surface area contributed by atoms with Crippen molar-refractivity contribution < 1.29 is 18.3 Å². The van der Waals surface area contributed by atoms with E-state index in [1.54, 1.807) is 6.07 Å². The smallest absolute Gasteiger partial charge is 0.253 e. The van der Waals surface area contributed by atoms with Crippen LogP contribution in [0.1, 0.15) is 23.2 Å². The molecule has 1 N–H and O–H groups in total. The Labute approximate surface area is 153 Å². The normalized spacial score (nSPS) is 17.0. The molecule has 4 rings (SSSR count). The van der Waals surface area contributed by atoms with Crippen LogP contribution < -0.4 is 15.0 Å². The van der Waals surface area contributed by atoms with E-state index in [0.29, 0.717) is 29.5 Å². The summed E-state index contributed by atoms with van der Waals surface area (Å²) in [4.78, 5) is 18.4. The highest BCUT2D eigenvalue weighted by molar-refractivity contribution is 6.33. The lowest BCUT2D eigenvalue weighted by molar-refractivity contribution is 0.0951. The summed E-state index contributed by atoms with van der Waals surface area (Å²) < 4.78 is 31.8. The van der Waals surface area contributed by atoms with Gasteiger partial charge in [-0.2, -0.15) is 0 Å². The maximum absolute atomic E-state index is 13.2. The number of nitrogens with one attached hydrogen (secondary N) is 1. The molecule has 1 aliphatic heterocycles. The minimum atomic E-state index is -0.940. The largest absolute Gasteiger partial charge is 0.487 e. The van der Waals surface area contributed by atoms with Gasteiger partial charge in [-0.1, -0.05) is 11.6 Å². The number of hydrogen-bond acceptors (Lipinski definition) is 4. The first-order valence-electron chi connectivity index (χ1n) is 8.32. The first-order chi connectivity index (χ1) is 12.5. The molecule has 2 heterocycles. The minimum absolute atomic E-state index is 0.166. The predicted molar refractivity (Wildman–Crippen MR) is 92.7 cm³/mol. The fraction of sp³-hybridized carbons (Fsp3) is 0.333. The first kappa shape index (κ1) is 17.0. The molecule has 2 fully saturated rings. The van der Waals surface area contributed by atoms with Crippen LogP contribution in [0.2, 0.25) is 5.02 Å². The number of anilines is 1. The molecule has 0 atom stereocenters. The maximum atomic E-state index is 13.2. The lowest BCUT2D eigenvalue weighted by Crippen LogP contribution is -2.54. The highest BCUT2D eigenvalue weighted by Gasteiger charge is 2.31. The van der Waals surface area contributed by atoms with Gasteiger partial charge < -0.3 is 15.0 Å². The molecule has 1 amide bonds. The van der Waals surface area contributed by atoms with Crippen LogP contribution in [0.3, 0.4) is 0 Å². The van der Waals surface area contributed by atoms with Crippen molar-refractivity contribution in [3.05, 3.63) is 52.7 Å². The zero-order chi connectivity index (χ0) is 18.3. The molecular weight excluding hydrogens is 364 g/mol. The highest BCUT2D eigenvalue weighted by Crippen LogP contribution is 2.27. The lowest BCUT2D eigenvalue weighted by atomic mass is 10.1. The van der Waals surface area contributed by atoms with Crippen molar-refractivity contribution in [1.82, 2.24) is 10.3 Å². The Morgan fingerprint density at radius 3 is 2.69 bits per heavy atom. The maximum Gasteiger partial charge on any atom is 0.253 e. The molecule has 0 spiro atoms. The number of aromatic nitrogens is 1. The fourth-order valence-corrected chi connectivity index (χ4v) is 2.90. The third kappa shape index (κ3) is 3.58. The van der Waals surface area contributed by atoms with Crippen molar-refractivity contribution in [2.24, 2.45) is 0 Å². The van der Waals surface area contributed by atoms with Gasteiger partial charge in [-0.05, 0) is 31.0 Å². The standard InChI is InChI=1S/C18H16ClF2N3O2/c19-14-7-22-17(6-13(14)18(25)23-10-1-2-10)24-8-12(9-24)26-11-3-4-15(20)16(21)5-11/h3-7,10,12H,1-2,8-9H2,(H,23,25). The SMILES string of the molecule is O=C(NC1CC1)c1cc(N2CC(Oc3ccc(F)c(F)c3)C2)ncc1Cl. The van der Waals surface area contributed by atoms with Gasteiger partial charge in [0.2, 0.25) is 0 Å². The molecule has 136 valence electrons. The summed E-state index contributed by atoms with van der Waals surface area (Å²) >= 11 is 6.09. The van der Waals surface area contributed by atoms with Crippen molar-refractivity contribution in [2.45, 2.75) is 25.0 Å². The summed E-state index contributed by atoms with van der Waals surface area (Å²) in [5, 5.41) is 3.21. The number of hydrogen-bond donors (Lipinski definition) is 1. The van der Waals surface area contributed by atoms with Gasteiger partial charge in [0, 0.05) is 18.3 Å². The number of carbonyl (C=O) groups excluding carboxylic acids is 1. The van der Waals surface area contributed by atoms with Crippen molar-refractivity contribution in [3.8, 4) is 5.75 Å². The van der Waals surface area contributed by atoms with Crippen LogP contribution in [0, 0.1) is 11.6 Å². The quantitative estimate of drug-likeness (QED) is 0.867. The number of rotatable bonds is 5. The Hall–Kier alpha value is -2.41. The summed E-state index contributed by atoms with van der Waals surface area (Å²) in [7, 11) is 0. The monoisotopic (exact) mass is 379 g/mol. The second-order valence-electron chi connectivity index (χ2n) is 6.49. The van der Waals surface area contributed by atoms with Gasteiger partial charge in [0.1, 0.15) is 17.7 Å². The number of ether oxygens (including phenoxy) is 1. The van der Waals surface area contributed by atoms with Gasteiger partial charge in [0.25, 0.3) is 5.91 Å². The van der Waals surface area contributed by atoms with Gasteiger partial charge in [-0.15, -0.1) is 0 Å². The molecule has 1 saturated heterocycles. The molecule has 2 aromatic rings. The molecule has 0 bridgehead atoms. The summed E-state index contributed by atoms with van der Waals surface area (Å²) in [6.45, 7) is 1.05. The molecule has 1 saturated carbocycles. The molecule has 8 heteroatoms. The number of carbonyl (C=O) groups is 1. The van der Waals surface area contributed by atoms with Crippen molar-refractivity contribution in [3.63, 3.8) is 0 Å². The summed E-state index contributed by atoms with van der Waals surface area (Å²) in [6.07, 6.45) is 3.29. The molecule has 26 heavy (non-hydrogen) atoms. The number of halogens is 3. The zero-order valence-electron chi connectivity index (χ0n) is 13.7. The Morgan fingerprint density at radius 1 is 1.23 bits per heavy atom. The van der Waals surface area contributed by atoms with E-state index in [1.807, 2.05) is 4.90 Å². The van der Waals surface area contributed by atoms with Gasteiger partial charge in [-0.25, -0.2) is 13.8 Å². The van der Waals surface area contributed by atoms with Crippen molar-refractivity contribution >= 4 is 23.3 Å². The Kier molecular flexibility index (Phi) is 4.40. The third-order valence-electron chi connectivity index (χ3n) is 4.36. The van der Waals surface area contributed by atoms with Crippen LogP contribution in [-0.4, -0.2) is 36.1 Å². The van der Waals surface area contributed by atoms with Crippen molar-refractivity contribution in [1.29, 1.82) is 0 Å². The van der Waals surface area contributed by atoms with Crippen LogP contribution >= 0.6 is 11.6 Å². The molecule has 0 radical (unpaired) electrons. The average Bonchev–Trinajstić information content (AvgIpc) is 3.38. The van der Waals surface area contributed by atoms with E-state index in [1.165, 1.54) is 12.3 Å². The summed E-state index contributed by atoms with van der Waals surface area (Å²) in [6, 6.07) is 5.36. The lowest BCUT2D eigenvalue weighted by Gasteiger charge is -2.39. The number of nitrogens with zero attached hydrogens (tertiary/aromatic N) is 2. The van der Waals surface area contributed by atoms with Crippen LogP contribution in [-0.2, 0) is 0 Å². The van der Waals surface area contributed by atoms with E-state index in [-0.39, 0.29) is 23.8 Å². The fourth-order valence-electron chi connectivity index (χ4n) is 2.71. The van der Waals surface area contributed by atoms with E-state index in [0.717, 1.165) is 25.0 Å². The van der Waals surface area contributed by atoms with E-state index in [9.17, 15) is 13.6 Å². The number of benzene rings is 1. The third-order valence-corrected chi connectivity index (χ3v) is 4.67. The molecule has 2 aliphatic rings. The van der Waals surface area contributed by atoms with Crippen molar-refractivity contribution in [2.75, 3.05) is 18.0 Å². The van der Waals surface area contributed by atoms with Gasteiger partial charge in [-0.3, -0.25) is 4.79 Å². The van der Waals surface area contributed by atoms with E-state index >= 15 is 0 Å². The molecule has 1 aromatic carbocycles. The van der Waals surface area contributed by atoms with Gasteiger partial charge >= 0.3 is 0 Å². The molecule has 1 aromatic heterocycles. The highest BCUT2D eigenvalue weighted by atomic mass is 35.5. The Balaban J connectivity index is 1.38. The van der Waals surface area contributed by atoms with Crippen LogP contribution in [0.4, 0.5) is 14.6 Å². The minimum Gasteiger partial charge on any atom is -0.487 e. The second kappa shape index (κ2) is 6.72. The van der Waals surface area contributed by atoms with Crippen LogP contribution in [0.25, 0.3) is 0 Å². The molecule has 0 unspecified atom stereocenters. The Bertz CT molecular complexity index is 854.